The first-order chi connectivity index (χ1) is 23.3. The van der Waals surface area contributed by atoms with E-state index < -0.39 is 0 Å². The third-order valence-corrected chi connectivity index (χ3v) is 7.61. The SMILES string of the molecule is CC(C)Cc1ccnc(-c2ccccc2)c1.CC(C)Cc1ccnc(-c2ccccc2)c1.CC(C)Cc1ccnc(-c2ccccc2)c1.[Ir]. The van der Waals surface area contributed by atoms with Gasteiger partial charge in [0.1, 0.15) is 0 Å². The van der Waals surface area contributed by atoms with E-state index in [9.17, 15) is 0 Å². The van der Waals surface area contributed by atoms with Crippen LogP contribution in [0.2, 0.25) is 0 Å². The van der Waals surface area contributed by atoms with Crippen molar-refractivity contribution in [2.45, 2.75) is 60.8 Å². The third kappa shape index (κ3) is 14.0. The normalized spacial score (nSPS) is 10.5. The van der Waals surface area contributed by atoms with Crippen LogP contribution < -0.4 is 0 Å². The number of hydrogen-bond donors (Lipinski definition) is 0. The van der Waals surface area contributed by atoms with Crippen molar-refractivity contribution in [1.82, 2.24) is 15.0 Å². The molecule has 6 rings (SSSR count). The van der Waals surface area contributed by atoms with Gasteiger partial charge in [-0.3, -0.25) is 15.0 Å². The first-order valence-electron chi connectivity index (χ1n) is 17.3. The van der Waals surface area contributed by atoms with Gasteiger partial charge in [0.2, 0.25) is 0 Å². The van der Waals surface area contributed by atoms with Crippen LogP contribution >= 0.6 is 0 Å². The quantitative estimate of drug-likeness (QED) is 0.146. The number of rotatable bonds is 9. The molecule has 0 aliphatic carbocycles. The van der Waals surface area contributed by atoms with Gasteiger partial charge in [0.05, 0.1) is 17.1 Å². The van der Waals surface area contributed by atoms with E-state index in [-0.39, 0.29) is 20.1 Å². The molecule has 0 aliphatic heterocycles. The molecule has 3 heterocycles. The summed E-state index contributed by atoms with van der Waals surface area (Å²) in [7, 11) is 0. The molecule has 0 aliphatic rings. The van der Waals surface area contributed by atoms with E-state index >= 15 is 0 Å². The fourth-order valence-corrected chi connectivity index (χ4v) is 5.52. The molecule has 49 heavy (non-hydrogen) atoms. The molecule has 3 nitrogen and oxygen atoms in total. The van der Waals surface area contributed by atoms with Crippen LogP contribution in [0.1, 0.15) is 58.2 Å². The minimum Gasteiger partial charge on any atom is -0.256 e. The number of nitrogens with zero attached hydrogens (tertiary/aromatic N) is 3. The summed E-state index contributed by atoms with van der Waals surface area (Å²) >= 11 is 0. The van der Waals surface area contributed by atoms with Gasteiger partial charge in [0.25, 0.3) is 0 Å². The summed E-state index contributed by atoms with van der Waals surface area (Å²) in [5.41, 5.74) is 10.9. The van der Waals surface area contributed by atoms with Gasteiger partial charge in [-0.25, -0.2) is 0 Å². The minimum atomic E-state index is 0. The Morgan fingerprint density at radius 2 is 0.612 bits per heavy atom. The molecule has 0 fully saturated rings. The summed E-state index contributed by atoms with van der Waals surface area (Å²) in [4.78, 5) is 13.3. The van der Waals surface area contributed by atoms with E-state index in [0.717, 1.165) is 36.3 Å². The Hall–Kier alpha value is -4.24. The van der Waals surface area contributed by atoms with E-state index in [1.165, 1.54) is 33.4 Å². The zero-order valence-corrected chi connectivity index (χ0v) is 32.3. The van der Waals surface area contributed by atoms with Gasteiger partial charge in [-0.2, -0.15) is 0 Å². The van der Waals surface area contributed by atoms with Crippen molar-refractivity contribution in [1.29, 1.82) is 0 Å². The molecular weight excluding hydrogens is 775 g/mol. The summed E-state index contributed by atoms with van der Waals surface area (Å²) in [6.07, 6.45) is 9.05. The second-order valence-corrected chi connectivity index (χ2v) is 13.5. The monoisotopic (exact) mass is 826 g/mol. The molecule has 6 aromatic rings. The molecule has 0 saturated carbocycles. The van der Waals surface area contributed by atoms with Crippen LogP contribution in [0.5, 0.6) is 0 Å². The molecule has 0 atom stereocenters. The van der Waals surface area contributed by atoms with E-state index in [4.69, 9.17) is 0 Å². The largest absolute Gasteiger partial charge is 0.256 e. The number of pyridine rings is 3. The van der Waals surface area contributed by atoms with E-state index in [0.29, 0.717) is 17.8 Å². The van der Waals surface area contributed by atoms with Crippen LogP contribution in [0.15, 0.2) is 146 Å². The third-order valence-electron chi connectivity index (χ3n) is 7.61. The van der Waals surface area contributed by atoms with Crippen molar-refractivity contribution >= 4 is 0 Å². The standard InChI is InChI=1S/3C15H17N.Ir/c3*1-12(2)10-13-8-9-16-15(11-13)14-6-4-3-5-7-14;/h3*3-9,11-12H,10H2,1-2H3;. The topological polar surface area (TPSA) is 38.7 Å². The second kappa shape index (κ2) is 21.0. The Labute approximate surface area is 308 Å². The summed E-state index contributed by atoms with van der Waals surface area (Å²) in [6, 6.07) is 43.8. The predicted octanol–water partition coefficient (Wildman–Crippen LogP) is 11.8. The smallest absolute Gasteiger partial charge is 0.0704 e. The maximum Gasteiger partial charge on any atom is 0.0704 e. The van der Waals surface area contributed by atoms with Gasteiger partial charge in [-0.15, -0.1) is 0 Å². The van der Waals surface area contributed by atoms with Crippen molar-refractivity contribution < 1.29 is 20.1 Å². The van der Waals surface area contributed by atoms with Gasteiger partial charge >= 0.3 is 0 Å². The molecule has 0 spiro atoms. The Morgan fingerprint density at radius 3 is 0.837 bits per heavy atom. The van der Waals surface area contributed by atoms with Gasteiger partial charge in [0, 0.05) is 55.4 Å². The molecule has 4 heteroatoms. The average Bonchev–Trinajstić information content (AvgIpc) is 3.10. The minimum absolute atomic E-state index is 0. The van der Waals surface area contributed by atoms with E-state index in [1.807, 2.05) is 73.2 Å². The Morgan fingerprint density at radius 1 is 0.367 bits per heavy atom. The molecule has 255 valence electrons. The summed E-state index contributed by atoms with van der Waals surface area (Å²) in [5.74, 6) is 2.06. The molecule has 3 aromatic heterocycles. The molecule has 0 N–H and O–H groups in total. The maximum atomic E-state index is 4.42. The number of benzene rings is 3. The molecule has 0 bridgehead atoms. The van der Waals surface area contributed by atoms with Crippen molar-refractivity contribution in [3.63, 3.8) is 0 Å². The second-order valence-electron chi connectivity index (χ2n) is 13.5. The van der Waals surface area contributed by atoms with Crippen LogP contribution in [0, 0.1) is 17.8 Å². The van der Waals surface area contributed by atoms with Crippen LogP contribution in [0.3, 0.4) is 0 Å². The summed E-state index contributed by atoms with van der Waals surface area (Å²) < 4.78 is 0. The Kier molecular flexibility index (Phi) is 16.8. The Bertz CT molecular complexity index is 1560. The maximum absolute atomic E-state index is 4.42. The van der Waals surface area contributed by atoms with Crippen molar-refractivity contribution in [3.8, 4) is 33.8 Å². The molecule has 1 radical (unpaired) electrons. The van der Waals surface area contributed by atoms with E-state index in [2.05, 4.69) is 129 Å². The first-order valence-corrected chi connectivity index (χ1v) is 17.3. The first kappa shape index (κ1) is 39.2. The molecule has 3 aromatic carbocycles. The Balaban J connectivity index is 0.000000197. The molecule has 0 saturated heterocycles. The van der Waals surface area contributed by atoms with Crippen molar-refractivity contribution in [2.24, 2.45) is 17.8 Å². The number of hydrogen-bond acceptors (Lipinski definition) is 3. The molecular formula is C45H51IrN3. The molecule has 0 unspecified atom stereocenters. The van der Waals surface area contributed by atoms with Gasteiger partial charge in [-0.1, -0.05) is 133 Å². The van der Waals surface area contributed by atoms with Crippen molar-refractivity contribution in [3.05, 3.63) is 163 Å². The van der Waals surface area contributed by atoms with Crippen molar-refractivity contribution in [2.75, 3.05) is 0 Å². The van der Waals surface area contributed by atoms with E-state index in [1.54, 1.807) is 0 Å². The zero-order valence-electron chi connectivity index (χ0n) is 29.9. The van der Waals surface area contributed by atoms with Gasteiger partial charge in [-0.05, 0) is 90.1 Å². The summed E-state index contributed by atoms with van der Waals surface area (Å²) in [5, 5.41) is 0. The van der Waals surface area contributed by atoms with Gasteiger partial charge in [0.15, 0.2) is 0 Å². The van der Waals surface area contributed by atoms with Crippen LogP contribution in [-0.4, -0.2) is 15.0 Å². The fourth-order valence-electron chi connectivity index (χ4n) is 5.52. The van der Waals surface area contributed by atoms with Gasteiger partial charge < -0.3 is 0 Å². The average molecular weight is 826 g/mol. The summed E-state index contributed by atoms with van der Waals surface area (Å²) in [6.45, 7) is 13.4. The molecule has 0 amide bonds. The number of aromatic nitrogens is 3. The fraction of sp³-hybridized carbons (Fsp3) is 0.267. The zero-order chi connectivity index (χ0) is 34.1. The van der Waals surface area contributed by atoms with Crippen LogP contribution in [0.25, 0.3) is 33.8 Å². The van der Waals surface area contributed by atoms with Crippen LogP contribution in [-0.2, 0) is 39.4 Å². The predicted molar refractivity (Wildman–Crippen MR) is 205 cm³/mol. The van der Waals surface area contributed by atoms with Crippen LogP contribution in [0.4, 0.5) is 0 Å².